The molecule has 0 saturated heterocycles. The Kier molecular flexibility index (Phi) is 3.42. The highest BCUT2D eigenvalue weighted by atomic mass is 16.4. The number of rotatable bonds is 2. The van der Waals surface area contributed by atoms with Crippen LogP contribution in [-0.4, -0.2) is 30.2 Å². The second-order valence-corrected chi connectivity index (χ2v) is 1.79. The van der Waals surface area contributed by atoms with Crippen LogP contribution in [0.5, 0.6) is 0 Å². The van der Waals surface area contributed by atoms with E-state index in [1.54, 1.807) is 14.0 Å². The summed E-state index contributed by atoms with van der Waals surface area (Å²) in [5.41, 5.74) is 0. The Balaban J connectivity index is 3.68. The van der Waals surface area contributed by atoms with E-state index in [9.17, 15) is 9.59 Å². The lowest BCUT2D eigenvalue weighted by Gasteiger charge is -2.09. The topological polar surface area (TPSA) is 78.4 Å². The van der Waals surface area contributed by atoms with Crippen LogP contribution in [-0.2, 0) is 9.59 Å². The van der Waals surface area contributed by atoms with Gasteiger partial charge in [0.25, 0.3) is 0 Å². The number of amides is 1. The van der Waals surface area contributed by atoms with Gasteiger partial charge < -0.3 is 15.7 Å². The van der Waals surface area contributed by atoms with Crippen molar-refractivity contribution in [2.45, 2.75) is 13.1 Å². The maximum atomic E-state index is 10.4. The summed E-state index contributed by atoms with van der Waals surface area (Å²) < 4.78 is 0. The smallest absolute Gasteiger partial charge is 0.394 e. The number of aliphatic carboxylic acids is 1. The fourth-order valence-electron chi connectivity index (χ4n) is 0.331. The van der Waals surface area contributed by atoms with Crippen LogP contribution in [0.25, 0.3) is 0 Å². The van der Waals surface area contributed by atoms with Crippen LogP contribution in [0.15, 0.2) is 0 Å². The molecule has 5 nitrogen and oxygen atoms in total. The van der Waals surface area contributed by atoms with Gasteiger partial charge in [0.15, 0.2) is 0 Å². The summed E-state index contributed by atoms with van der Waals surface area (Å²) in [4.78, 5) is 20.3. The monoisotopic (exact) mass is 146 g/mol. The van der Waals surface area contributed by atoms with E-state index in [-0.39, 0.29) is 6.17 Å². The van der Waals surface area contributed by atoms with E-state index in [1.807, 2.05) is 0 Å². The second-order valence-electron chi connectivity index (χ2n) is 1.79. The maximum absolute atomic E-state index is 10.4. The highest BCUT2D eigenvalue weighted by Gasteiger charge is 2.11. The largest absolute Gasteiger partial charge is 0.474 e. The van der Waals surface area contributed by atoms with E-state index in [2.05, 4.69) is 10.6 Å². The van der Waals surface area contributed by atoms with Crippen LogP contribution in [0.3, 0.4) is 0 Å². The standard InChI is InChI=1S/C5H10N2O3/c1-3(6-2)7-4(8)5(9)10/h3,6H,1-2H3,(H,7,8)(H,9,10). The van der Waals surface area contributed by atoms with E-state index in [4.69, 9.17) is 5.11 Å². The Morgan fingerprint density at radius 3 is 2.30 bits per heavy atom. The van der Waals surface area contributed by atoms with E-state index >= 15 is 0 Å². The van der Waals surface area contributed by atoms with Crippen molar-refractivity contribution in [1.82, 2.24) is 10.6 Å². The molecule has 0 aliphatic rings. The molecule has 3 N–H and O–H groups in total. The zero-order chi connectivity index (χ0) is 8.15. The normalized spacial score (nSPS) is 12.2. The maximum Gasteiger partial charge on any atom is 0.394 e. The van der Waals surface area contributed by atoms with Crippen LogP contribution in [0.1, 0.15) is 6.92 Å². The molecule has 10 heavy (non-hydrogen) atoms. The van der Waals surface area contributed by atoms with Crippen molar-refractivity contribution < 1.29 is 14.7 Å². The molecule has 0 fully saturated rings. The summed E-state index contributed by atoms with van der Waals surface area (Å²) in [5, 5.41) is 12.9. The van der Waals surface area contributed by atoms with Crippen molar-refractivity contribution in [2.24, 2.45) is 0 Å². The van der Waals surface area contributed by atoms with Crippen LogP contribution in [0.2, 0.25) is 0 Å². The molecular formula is C5H10N2O3. The Labute approximate surface area is 58.4 Å². The molecule has 0 aliphatic carbocycles. The number of carboxylic acid groups (broad SMARTS) is 1. The van der Waals surface area contributed by atoms with Gasteiger partial charge in [-0.15, -0.1) is 0 Å². The minimum atomic E-state index is -1.47. The van der Waals surface area contributed by atoms with Crippen molar-refractivity contribution in [1.29, 1.82) is 0 Å². The molecule has 1 amide bonds. The number of carbonyl (C=O) groups is 2. The summed E-state index contributed by atoms with van der Waals surface area (Å²) in [6.07, 6.45) is -0.316. The highest BCUT2D eigenvalue weighted by Crippen LogP contribution is 1.72. The van der Waals surface area contributed by atoms with E-state index in [0.717, 1.165) is 0 Å². The van der Waals surface area contributed by atoms with Gasteiger partial charge in [-0.2, -0.15) is 0 Å². The molecule has 58 valence electrons. The number of carbonyl (C=O) groups excluding carboxylic acids is 1. The van der Waals surface area contributed by atoms with Gasteiger partial charge in [0, 0.05) is 0 Å². The summed E-state index contributed by atoms with van der Waals surface area (Å²) in [5.74, 6) is -2.47. The fourth-order valence-corrected chi connectivity index (χ4v) is 0.331. The Morgan fingerprint density at radius 2 is 2.00 bits per heavy atom. The first-order chi connectivity index (χ1) is 4.57. The van der Waals surface area contributed by atoms with E-state index in [1.165, 1.54) is 0 Å². The van der Waals surface area contributed by atoms with Gasteiger partial charge in [-0.1, -0.05) is 0 Å². The van der Waals surface area contributed by atoms with Crippen LogP contribution >= 0.6 is 0 Å². The molecular weight excluding hydrogens is 136 g/mol. The average Bonchev–Trinajstić information content (AvgIpc) is 1.87. The zero-order valence-electron chi connectivity index (χ0n) is 5.84. The van der Waals surface area contributed by atoms with Crippen LogP contribution < -0.4 is 10.6 Å². The van der Waals surface area contributed by atoms with Gasteiger partial charge in [0.05, 0.1) is 6.17 Å². The third kappa shape index (κ3) is 3.03. The number of carboxylic acids is 1. The van der Waals surface area contributed by atoms with Gasteiger partial charge in [-0.3, -0.25) is 4.79 Å². The summed E-state index contributed by atoms with van der Waals surface area (Å²) in [6, 6.07) is 0. The number of hydrogen-bond acceptors (Lipinski definition) is 3. The molecule has 0 radical (unpaired) electrons. The lowest BCUT2D eigenvalue weighted by molar-refractivity contribution is -0.150. The predicted octanol–water partition coefficient (Wildman–Crippen LogP) is -1.25. The van der Waals surface area contributed by atoms with Crippen molar-refractivity contribution in [3.8, 4) is 0 Å². The summed E-state index contributed by atoms with van der Waals surface area (Å²) in [6.45, 7) is 1.64. The molecule has 1 unspecified atom stereocenters. The molecule has 0 aromatic carbocycles. The Hall–Kier alpha value is -1.10. The van der Waals surface area contributed by atoms with Gasteiger partial charge in [-0.05, 0) is 14.0 Å². The van der Waals surface area contributed by atoms with Crippen LogP contribution in [0.4, 0.5) is 0 Å². The first-order valence-corrected chi connectivity index (χ1v) is 2.79. The van der Waals surface area contributed by atoms with Gasteiger partial charge in [0.2, 0.25) is 0 Å². The quantitative estimate of drug-likeness (QED) is 0.336. The summed E-state index contributed by atoms with van der Waals surface area (Å²) >= 11 is 0. The highest BCUT2D eigenvalue weighted by molar-refractivity contribution is 6.31. The first-order valence-electron chi connectivity index (χ1n) is 2.79. The minimum Gasteiger partial charge on any atom is -0.474 e. The molecule has 0 heterocycles. The molecule has 0 aromatic rings. The van der Waals surface area contributed by atoms with Crippen molar-refractivity contribution in [3.05, 3.63) is 0 Å². The molecule has 0 bridgehead atoms. The Bertz CT molecular complexity index is 146. The SMILES string of the molecule is CNC(C)NC(=O)C(=O)O. The molecule has 0 aliphatic heterocycles. The van der Waals surface area contributed by atoms with Gasteiger partial charge >= 0.3 is 11.9 Å². The number of nitrogens with one attached hydrogen (secondary N) is 2. The molecule has 1 atom stereocenters. The third-order valence-corrected chi connectivity index (χ3v) is 0.975. The van der Waals surface area contributed by atoms with Crippen molar-refractivity contribution in [2.75, 3.05) is 7.05 Å². The Morgan fingerprint density at radius 1 is 1.50 bits per heavy atom. The average molecular weight is 146 g/mol. The van der Waals surface area contributed by atoms with Crippen molar-refractivity contribution in [3.63, 3.8) is 0 Å². The van der Waals surface area contributed by atoms with E-state index < -0.39 is 11.9 Å². The van der Waals surface area contributed by atoms with Crippen molar-refractivity contribution >= 4 is 11.9 Å². The van der Waals surface area contributed by atoms with Gasteiger partial charge in [0.1, 0.15) is 0 Å². The molecule has 0 aromatic heterocycles. The second kappa shape index (κ2) is 3.84. The molecule has 0 spiro atoms. The third-order valence-electron chi connectivity index (χ3n) is 0.975. The zero-order valence-corrected chi connectivity index (χ0v) is 5.84. The lowest BCUT2D eigenvalue weighted by Crippen LogP contribution is -2.44. The molecule has 0 rings (SSSR count). The summed E-state index contributed by atoms with van der Waals surface area (Å²) in [7, 11) is 1.62. The molecule has 5 heteroatoms. The van der Waals surface area contributed by atoms with E-state index in [0.29, 0.717) is 0 Å². The predicted molar refractivity (Wildman–Crippen MR) is 34.3 cm³/mol. The lowest BCUT2D eigenvalue weighted by atomic mass is 10.5. The van der Waals surface area contributed by atoms with Crippen LogP contribution in [0, 0.1) is 0 Å². The molecule has 0 saturated carbocycles. The number of hydrogen-bond donors (Lipinski definition) is 3. The minimum absolute atomic E-state index is 0.316. The fraction of sp³-hybridized carbons (Fsp3) is 0.600. The first kappa shape index (κ1) is 8.90. The van der Waals surface area contributed by atoms with Gasteiger partial charge in [-0.25, -0.2) is 4.79 Å².